The van der Waals surface area contributed by atoms with Gasteiger partial charge in [0.2, 0.25) is 0 Å². The van der Waals surface area contributed by atoms with Crippen LogP contribution in [0, 0.1) is 13.8 Å². The Morgan fingerprint density at radius 3 is 2.18 bits per heavy atom. The summed E-state index contributed by atoms with van der Waals surface area (Å²) in [6, 6.07) is 0. The molecule has 0 radical (unpaired) electrons. The molecule has 0 spiro atoms. The molecule has 1 fully saturated rings. The van der Waals surface area contributed by atoms with Gasteiger partial charge in [0, 0.05) is 11.3 Å². The maximum absolute atomic E-state index is 12.5. The Hall–Kier alpha value is -2.11. The molecule has 1 aromatic heterocycles. The van der Waals surface area contributed by atoms with Crippen LogP contribution < -0.4 is 5.32 Å². The molecule has 120 valence electrons. The lowest BCUT2D eigenvalue weighted by molar-refractivity contribution is -0.145. The van der Waals surface area contributed by atoms with Crippen LogP contribution >= 0.6 is 0 Å². The van der Waals surface area contributed by atoms with Gasteiger partial charge < -0.3 is 15.4 Å². The smallest absolute Gasteiger partial charge is 0.329 e. The van der Waals surface area contributed by atoms with Crippen LogP contribution in [-0.4, -0.2) is 33.3 Å². The molecule has 0 saturated heterocycles. The van der Waals surface area contributed by atoms with Crippen LogP contribution in [0.1, 0.15) is 71.1 Å². The number of Topliss-reactive ketones (excluding diaryl/α,β-unsaturated/α-hetero) is 1. The third-order valence-electron chi connectivity index (χ3n) is 4.49. The highest BCUT2D eigenvalue weighted by Gasteiger charge is 2.41. The number of nitrogens with one attached hydrogen (secondary N) is 2. The number of H-pyrrole nitrogens is 1. The summed E-state index contributed by atoms with van der Waals surface area (Å²) in [7, 11) is 0. The first-order chi connectivity index (χ1) is 10.3. The Bertz CT molecular complexity index is 624. The topological polar surface area (TPSA) is 99.3 Å². The summed E-state index contributed by atoms with van der Waals surface area (Å²) in [5.41, 5.74) is 0.769. The van der Waals surface area contributed by atoms with Gasteiger partial charge in [-0.05, 0) is 39.2 Å². The monoisotopic (exact) mass is 306 g/mol. The minimum Gasteiger partial charge on any atom is -0.480 e. The summed E-state index contributed by atoms with van der Waals surface area (Å²) >= 11 is 0. The Balaban J connectivity index is 2.30. The number of aryl methyl sites for hydroxylation is 1. The highest BCUT2D eigenvalue weighted by molar-refractivity contribution is 6.03. The number of hydrogen-bond acceptors (Lipinski definition) is 3. The van der Waals surface area contributed by atoms with Gasteiger partial charge in [-0.25, -0.2) is 4.79 Å². The number of hydrogen-bond donors (Lipinski definition) is 3. The molecule has 6 heteroatoms. The number of aromatic nitrogens is 1. The van der Waals surface area contributed by atoms with Crippen molar-refractivity contribution in [3.8, 4) is 0 Å². The van der Waals surface area contributed by atoms with E-state index < -0.39 is 17.4 Å². The maximum atomic E-state index is 12.5. The van der Waals surface area contributed by atoms with Crippen molar-refractivity contribution in [2.75, 3.05) is 0 Å². The second kappa shape index (κ2) is 5.94. The molecule has 0 bridgehead atoms. The molecule has 2 rings (SSSR count). The number of rotatable bonds is 4. The number of aromatic amines is 1. The summed E-state index contributed by atoms with van der Waals surface area (Å²) in [6.07, 6.45) is 3.43. The van der Waals surface area contributed by atoms with Gasteiger partial charge in [-0.3, -0.25) is 9.59 Å². The summed E-state index contributed by atoms with van der Waals surface area (Å²) < 4.78 is 0. The number of carbonyl (C=O) groups is 3. The standard InChI is InChI=1S/C16H22N2O4/c1-9-12(11(3)19)10(2)17-13(9)14(20)18-16(15(21)22)7-5-4-6-8-16/h17H,4-8H2,1-3H3,(H,18,20)(H,21,22). The van der Waals surface area contributed by atoms with Crippen LogP contribution in [0.4, 0.5) is 0 Å². The van der Waals surface area contributed by atoms with Crippen molar-refractivity contribution in [3.05, 3.63) is 22.5 Å². The number of carbonyl (C=O) groups excluding carboxylic acids is 2. The number of carboxylic acids is 1. The maximum Gasteiger partial charge on any atom is 0.329 e. The fourth-order valence-electron chi connectivity index (χ4n) is 3.33. The average Bonchev–Trinajstić information content (AvgIpc) is 2.74. The van der Waals surface area contributed by atoms with E-state index in [0.29, 0.717) is 29.7 Å². The molecule has 1 amide bonds. The molecule has 1 heterocycles. The van der Waals surface area contributed by atoms with Crippen molar-refractivity contribution >= 4 is 17.7 Å². The summed E-state index contributed by atoms with van der Waals surface area (Å²) in [6.45, 7) is 4.88. The normalized spacial score (nSPS) is 17.0. The fraction of sp³-hybridized carbons (Fsp3) is 0.562. The number of carboxylic acid groups (broad SMARTS) is 1. The van der Waals surface area contributed by atoms with Gasteiger partial charge in [-0.1, -0.05) is 19.3 Å². The number of ketones is 1. The minimum absolute atomic E-state index is 0.115. The molecular formula is C16H22N2O4. The molecule has 0 atom stereocenters. The van der Waals surface area contributed by atoms with Gasteiger partial charge in [0.25, 0.3) is 5.91 Å². The van der Waals surface area contributed by atoms with E-state index in [1.807, 2.05) is 0 Å². The Labute approximate surface area is 129 Å². The van der Waals surface area contributed by atoms with Crippen LogP contribution in [0.25, 0.3) is 0 Å². The quantitative estimate of drug-likeness (QED) is 0.743. The zero-order chi connectivity index (χ0) is 16.5. The van der Waals surface area contributed by atoms with E-state index in [4.69, 9.17) is 0 Å². The van der Waals surface area contributed by atoms with E-state index in [1.54, 1.807) is 13.8 Å². The van der Waals surface area contributed by atoms with E-state index in [9.17, 15) is 19.5 Å². The van der Waals surface area contributed by atoms with Crippen molar-refractivity contribution in [2.45, 2.75) is 58.4 Å². The fourth-order valence-corrected chi connectivity index (χ4v) is 3.33. The minimum atomic E-state index is -1.20. The van der Waals surface area contributed by atoms with E-state index >= 15 is 0 Å². The zero-order valence-corrected chi connectivity index (χ0v) is 13.2. The SMILES string of the molecule is CC(=O)c1c(C)[nH]c(C(=O)NC2(C(=O)O)CCCCC2)c1C. The predicted octanol–water partition coefficient (Wildman–Crippen LogP) is 2.35. The van der Waals surface area contributed by atoms with E-state index in [0.717, 1.165) is 19.3 Å². The van der Waals surface area contributed by atoms with Crippen molar-refractivity contribution in [2.24, 2.45) is 0 Å². The highest BCUT2D eigenvalue weighted by atomic mass is 16.4. The van der Waals surface area contributed by atoms with Crippen LogP contribution in [-0.2, 0) is 4.79 Å². The molecule has 3 N–H and O–H groups in total. The number of amides is 1. The van der Waals surface area contributed by atoms with Crippen LogP contribution in [0.5, 0.6) is 0 Å². The first-order valence-electron chi connectivity index (χ1n) is 7.54. The van der Waals surface area contributed by atoms with Crippen LogP contribution in [0.2, 0.25) is 0 Å². The van der Waals surface area contributed by atoms with Gasteiger partial charge in [0.1, 0.15) is 11.2 Å². The summed E-state index contributed by atoms with van der Waals surface area (Å²) in [5, 5.41) is 12.2. The van der Waals surface area contributed by atoms with E-state index in [1.165, 1.54) is 6.92 Å². The van der Waals surface area contributed by atoms with Gasteiger partial charge >= 0.3 is 5.97 Å². The molecule has 0 aromatic carbocycles. The van der Waals surface area contributed by atoms with Gasteiger partial charge in [0.15, 0.2) is 5.78 Å². The van der Waals surface area contributed by atoms with Crippen molar-refractivity contribution < 1.29 is 19.5 Å². The largest absolute Gasteiger partial charge is 0.480 e. The Morgan fingerprint density at radius 1 is 1.14 bits per heavy atom. The predicted molar refractivity (Wildman–Crippen MR) is 81.2 cm³/mol. The molecule has 22 heavy (non-hydrogen) atoms. The third kappa shape index (κ3) is 2.77. The molecule has 1 aliphatic rings. The molecule has 1 saturated carbocycles. The van der Waals surface area contributed by atoms with Crippen molar-refractivity contribution in [1.29, 1.82) is 0 Å². The van der Waals surface area contributed by atoms with Gasteiger partial charge in [0.05, 0.1) is 0 Å². The second-order valence-corrected chi connectivity index (χ2v) is 6.08. The Kier molecular flexibility index (Phi) is 4.39. The lowest BCUT2D eigenvalue weighted by atomic mass is 9.81. The van der Waals surface area contributed by atoms with Gasteiger partial charge in [-0.2, -0.15) is 0 Å². The molecule has 1 aliphatic carbocycles. The van der Waals surface area contributed by atoms with Crippen molar-refractivity contribution in [3.63, 3.8) is 0 Å². The highest BCUT2D eigenvalue weighted by Crippen LogP contribution is 2.29. The molecule has 0 aliphatic heterocycles. The summed E-state index contributed by atoms with van der Waals surface area (Å²) in [4.78, 5) is 38.7. The Morgan fingerprint density at radius 2 is 1.73 bits per heavy atom. The lowest BCUT2D eigenvalue weighted by Gasteiger charge is -2.33. The molecule has 0 unspecified atom stereocenters. The van der Waals surface area contributed by atoms with E-state index in [2.05, 4.69) is 10.3 Å². The van der Waals surface area contributed by atoms with E-state index in [-0.39, 0.29) is 11.5 Å². The lowest BCUT2D eigenvalue weighted by Crippen LogP contribution is -2.55. The second-order valence-electron chi connectivity index (χ2n) is 6.08. The number of aliphatic carboxylic acids is 1. The third-order valence-corrected chi connectivity index (χ3v) is 4.49. The molecular weight excluding hydrogens is 284 g/mol. The summed E-state index contributed by atoms with van der Waals surface area (Å²) in [5.74, 6) is -1.57. The zero-order valence-electron chi connectivity index (χ0n) is 13.2. The first kappa shape index (κ1) is 16.3. The molecule has 1 aromatic rings. The van der Waals surface area contributed by atoms with Crippen molar-refractivity contribution in [1.82, 2.24) is 10.3 Å². The van der Waals surface area contributed by atoms with Crippen LogP contribution in [0.3, 0.4) is 0 Å². The first-order valence-corrected chi connectivity index (χ1v) is 7.54. The molecule has 6 nitrogen and oxygen atoms in total. The average molecular weight is 306 g/mol. The van der Waals surface area contributed by atoms with Crippen LogP contribution in [0.15, 0.2) is 0 Å². The van der Waals surface area contributed by atoms with Gasteiger partial charge in [-0.15, -0.1) is 0 Å².